The number of fused-ring (bicyclic) bond motifs is 1. The first kappa shape index (κ1) is 7.77. The van der Waals surface area contributed by atoms with Crippen LogP contribution in [0.5, 0.6) is 0 Å². The third-order valence-corrected chi connectivity index (χ3v) is 2.71. The van der Waals surface area contributed by atoms with Gasteiger partial charge in [0.25, 0.3) is 0 Å². The van der Waals surface area contributed by atoms with Crippen molar-refractivity contribution < 1.29 is 9.18 Å². The third kappa shape index (κ3) is 1.24. The molecule has 3 atom stereocenters. The molecule has 0 aromatic heterocycles. The highest BCUT2D eigenvalue weighted by atomic mass is 19.1. The fraction of sp³-hybridized carbons (Fsp3) is 0.667. The molecule has 1 aliphatic carbocycles. The molecule has 1 aliphatic heterocycles. The summed E-state index contributed by atoms with van der Waals surface area (Å²) in [6.45, 7) is 0. The van der Waals surface area contributed by atoms with Crippen molar-refractivity contribution in [1.29, 1.82) is 0 Å². The van der Waals surface area contributed by atoms with E-state index in [-0.39, 0.29) is 17.7 Å². The van der Waals surface area contributed by atoms with Crippen molar-refractivity contribution in [3.05, 3.63) is 12.3 Å². The van der Waals surface area contributed by atoms with Crippen molar-refractivity contribution >= 4 is 5.78 Å². The van der Waals surface area contributed by atoms with Crippen molar-refractivity contribution in [2.45, 2.75) is 31.5 Å². The van der Waals surface area contributed by atoms with E-state index in [9.17, 15) is 9.18 Å². The highest BCUT2D eigenvalue weighted by molar-refractivity contribution is 5.93. The summed E-state index contributed by atoms with van der Waals surface area (Å²) in [5, 5.41) is 3.10. The predicted molar refractivity (Wildman–Crippen MR) is 43.3 cm³/mol. The van der Waals surface area contributed by atoms with E-state index >= 15 is 0 Å². The van der Waals surface area contributed by atoms with E-state index in [1.165, 1.54) is 6.08 Å². The molecule has 1 fully saturated rings. The summed E-state index contributed by atoms with van der Waals surface area (Å²) in [6.07, 6.45) is 4.20. The van der Waals surface area contributed by atoms with Crippen LogP contribution in [0.25, 0.3) is 0 Å². The van der Waals surface area contributed by atoms with Crippen molar-refractivity contribution in [3.8, 4) is 0 Å². The van der Waals surface area contributed by atoms with Gasteiger partial charge < -0.3 is 5.32 Å². The van der Waals surface area contributed by atoms with Crippen LogP contribution in [0.3, 0.4) is 0 Å². The van der Waals surface area contributed by atoms with E-state index in [0.717, 1.165) is 6.42 Å². The molecule has 1 heterocycles. The average Bonchev–Trinajstić information content (AvgIpc) is 2.07. The molecule has 0 aromatic rings. The number of carbonyl (C=O) groups is 1. The van der Waals surface area contributed by atoms with E-state index in [0.29, 0.717) is 12.8 Å². The molecule has 2 rings (SSSR count). The number of alkyl halides is 1. The number of ketones is 1. The van der Waals surface area contributed by atoms with Crippen LogP contribution in [-0.4, -0.2) is 18.0 Å². The van der Waals surface area contributed by atoms with Gasteiger partial charge >= 0.3 is 0 Å². The number of carbonyl (C=O) groups excluding carboxylic acids is 1. The quantitative estimate of drug-likeness (QED) is 0.590. The third-order valence-electron chi connectivity index (χ3n) is 2.71. The van der Waals surface area contributed by atoms with E-state index in [1.807, 2.05) is 0 Å². The minimum Gasteiger partial charge on any atom is -0.387 e. The molecule has 0 radical (unpaired) electrons. The molecule has 0 aromatic carbocycles. The Morgan fingerprint density at radius 1 is 1.50 bits per heavy atom. The Balaban J connectivity index is 2.13. The minimum atomic E-state index is -0.775. The number of halogens is 1. The Kier molecular flexibility index (Phi) is 1.87. The topological polar surface area (TPSA) is 29.1 Å². The summed E-state index contributed by atoms with van der Waals surface area (Å²) in [5.41, 5.74) is 0. The van der Waals surface area contributed by atoms with Gasteiger partial charge in [-0.2, -0.15) is 0 Å². The molecule has 66 valence electrons. The molecule has 0 amide bonds. The number of nitrogens with one attached hydrogen (secondary N) is 1. The average molecular weight is 169 g/mol. The number of hydrogen-bond donors (Lipinski definition) is 1. The lowest BCUT2D eigenvalue weighted by Crippen LogP contribution is -2.44. The monoisotopic (exact) mass is 169 g/mol. The van der Waals surface area contributed by atoms with Gasteiger partial charge in [-0.05, 0) is 25.3 Å². The Morgan fingerprint density at radius 2 is 2.33 bits per heavy atom. The maximum atomic E-state index is 12.9. The summed E-state index contributed by atoms with van der Waals surface area (Å²) in [4.78, 5) is 11.3. The second-order valence-corrected chi connectivity index (χ2v) is 3.53. The molecule has 3 unspecified atom stereocenters. The Morgan fingerprint density at radius 3 is 3.17 bits per heavy atom. The Hall–Kier alpha value is -0.860. The van der Waals surface area contributed by atoms with Gasteiger partial charge in [0.15, 0.2) is 5.78 Å². The molecular formula is C9H12FNO. The predicted octanol–water partition coefficient (Wildman–Crippen LogP) is 1.18. The zero-order valence-electron chi connectivity index (χ0n) is 6.79. The van der Waals surface area contributed by atoms with Gasteiger partial charge in [0, 0.05) is 18.2 Å². The van der Waals surface area contributed by atoms with Gasteiger partial charge in [-0.15, -0.1) is 0 Å². The standard InChI is InChI=1S/C9H12FNO/c10-6-1-2-8-7(5-6)9(12)3-4-11-8/h3-4,6-8,11H,1-2,5H2. The molecule has 1 N–H and O–H groups in total. The molecule has 0 bridgehead atoms. The van der Waals surface area contributed by atoms with E-state index in [2.05, 4.69) is 5.32 Å². The molecule has 1 saturated carbocycles. The van der Waals surface area contributed by atoms with Crippen LogP contribution < -0.4 is 5.32 Å². The lowest BCUT2D eigenvalue weighted by atomic mass is 9.79. The number of rotatable bonds is 0. The second kappa shape index (κ2) is 2.88. The normalized spacial score (nSPS) is 40.4. The van der Waals surface area contributed by atoms with Crippen LogP contribution in [0, 0.1) is 5.92 Å². The molecule has 3 heteroatoms. The molecule has 2 nitrogen and oxygen atoms in total. The maximum absolute atomic E-state index is 12.9. The largest absolute Gasteiger partial charge is 0.387 e. The lowest BCUT2D eigenvalue weighted by Gasteiger charge is -2.34. The lowest BCUT2D eigenvalue weighted by molar-refractivity contribution is -0.121. The molecule has 2 aliphatic rings. The van der Waals surface area contributed by atoms with Crippen LogP contribution in [0.2, 0.25) is 0 Å². The zero-order valence-corrected chi connectivity index (χ0v) is 6.79. The first-order chi connectivity index (χ1) is 5.77. The van der Waals surface area contributed by atoms with Gasteiger partial charge in [-0.25, -0.2) is 4.39 Å². The summed E-state index contributed by atoms with van der Waals surface area (Å²) >= 11 is 0. The Labute approximate surface area is 70.8 Å². The van der Waals surface area contributed by atoms with Crippen LogP contribution in [0.1, 0.15) is 19.3 Å². The van der Waals surface area contributed by atoms with Crippen LogP contribution >= 0.6 is 0 Å². The van der Waals surface area contributed by atoms with E-state index in [4.69, 9.17) is 0 Å². The summed E-state index contributed by atoms with van der Waals surface area (Å²) in [5.74, 6) is -0.0279. The zero-order chi connectivity index (χ0) is 8.55. The smallest absolute Gasteiger partial charge is 0.162 e. The van der Waals surface area contributed by atoms with E-state index < -0.39 is 6.17 Å². The summed E-state index contributed by atoms with van der Waals surface area (Å²) < 4.78 is 12.9. The van der Waals surface area contributed by atoms with Gasteiger partial charge in [0.05, 0.1) is 0 Å². The van der Waals surface area contributed by atoms with Gasteiger partial charge in [-0.1, -0.05) is 0 Å². The van der Waals surface area contributed by atoms with Crippen LogP contribution in [0.4, 0.5) is 4.39 Å². The molecule has 0 saturated heterocycles. The first-order valence-electron chi connectivity index (χ1n) is 4.38. The SMILES string of the molecule is O=C1C=CNC2CCC(F)CC12. The highest BCUT2D eigenvalue weighted by Crippen LogP contribution is 2.29. The summed E-state index contributed by atoms with van der Waals surface area (Å²) in [6, 6.07) is 0.189. The second-order valence-electron chi connectivity index (χ2n) is 3.53. The van der Waals surface area contributed by atoms with Crippen LogP contribution in [0.15, 0.2) is 12.3 Å². The fourth-order valence-electron chi connectivity index (χ4n) is 2.01. The first-order valence-corrected chi connectivity index (χ1v) is 4.38. The van der Waals surface area contributed by atoms with E-state index in [1.54, 1.807) is 6.20 Å². The van der Waals surface area contributed by atoms with Gasteiger partial charge in [0.2, 0.25) is 0 Å². The maximum Gasteiger partial charge on any atom is 0.162 e. The van der Waals surface area contributed by atoms with Crippen molar-refractivity contribution in [1.82, 2.24) is 5.32 Å². The highest BCUT2D eigenvalue weighted by Gasteiger charge is 2.35. The number of hydrogen-bond acceptors (Lipinski definition) is 2. The molecular weight excluding hydrogens is 157 g/mol. The van der Waals surface area contributed by atoms with Crippen molar-refractivity contribution in [3.63, 3.8) is 0 Å². The van der Waals surface area contributed by atoms with Crippen LogP contribution in [-0.2, 0) is 4.79 Å². The van der Waals surface area contributed by atoms with Gasteiger partial charge in [0.1, 0.15) is 6.17 Å². The fourth-order valence-corrected chi connectivity index (χ4v) is 2.01. The summed E-state index contributed by atoms with van der Waals surface area (Å²) in [7, 11) is 0. The molecule has 0 spiro atoms. The molecule has 12 heavy (non-hydrogen) atoms. The minimum absolute atomic E-state index is 0.0844. The Bertz CT molecular complexity index is 227. The van der Waals surface area contributed by atoms with Crippen molar-refractivity contribution in [2.75, 3.05) is 0 Å². The van der Waals surface area contributed by atoms with Gasteiger partial charge in [-0.3, -0.25) is 4.79 Å². The number of allylic oxidation sites excluding steroid dienone is 1. The van der Waals surface area contributed by atoms with Crippen molar-refractivity contribution in [2.24, 2.45) is 5.92 Å².